The van der Waals surface area contributed by atoms with E-state index in [0.717, 1.165) is 23.0 Å². The molecule has 1 aromatic rings. The number of hydrogen-bond acceptors (Lipinski definition) is 2. The van der Waals surface area contributed by atoms with Gasteiger partial charge in [0, 0.05) is 10.5 Å². The Labute approximate surface area is 108 Å². The predicted octanol–water partition coefficient (Wildman–Crippen LogP) is 3.60. The second-order valence-corrected chi connectivity index (χ2v) is 5.76. The van der Waals surface area contributed by atoms with Crippen molar-refractivity contribution in [3.8, 4) is 0 Å². The molecular weight excluding hydrogens is 289 g/mol. The van der Waals surface area contributed by atoms with Gasteiger partial charge in [-0.15, -0.1) is 11.8 Å². The third-order valence-electron chi connectivity index (χ3n) is 2.91. The van der Waals surface area contributed by atoms with Gasteiger partial charge in [0.05, 0.1) is 4.90 Å². The van der Waals surface area contributed by atoms with E-state index in [1.807, 2.05) is 12.3 Å². The van der Waals surface area contributed by atoms with Crippen molar-refractivity contribution in [2.24, 2.45) is 0 Å². The molecular formula is C12H15BrFNS. The number of thioether (sulfide) groups is 1. The van der Waals surface area contributed by atoms with E-state index in [9.17, 15) is 4.39 Å². The highest BCUT2D eigenvalue weighted by Crippen LogP contribution is 2.30. The van der Waals surface area contributed by atoms with E-state index in [0.29, 0.717) is 10.9 Å². The highest BCUT2D eigenvalue weighted by Gasteiger charge is 2.16. The maximum absolute atomic E-state index is 13.7. The van der Waals surface area contributed by atoms with Crippen molar-refractivity contribution in [2.75, 3.05) is 12.8 Å². The van der Waals surface area contributed by atoms with Gasteiger partial charge in [0.15, 0.2) is 0 Å². The van der Waals surface area contributed by atoms with E-state index in [-0.39, 0.29) is 5.82 Å². The van der Waals surface area contributed by atoms with E-state index >= 15 is 0 Å². The minimum absolute atomic E-state index is 0.116. The molecule has 1 aromatic carbocycles. The first kappa shape index (κ1) is 12.4. The van der Waals surface area contributed by atoms with E-state index in [4.69, 9.17) is 0 Å². The molecule has 1 aliphatic rings. The third kappa shape index (κ3) is 2.79. The molecule has 1 unspecified atom stereocenters. The van der Waals surface area contributed by atoms with Crippen LogP contribution in [0.25, 0.3) is 0 Å². The first-order chi connectivity index (χ1) is 7.70. The molecule has 1 heterocycles. The molecule has 0 radical (unpaired) electrons. The molecule has 0 spiro atoms. The van der Waals surface area contributed by atoms with Gasteiger partial charge < -0.3 is 5.32 Å². The summed E-state index contributed by atoms with van der Waals surface area (Å²) in [5.41, 5.74) is 1.07. The molecule has 0 saturated carbocycles. The Morgan fingerprint density at radius 2 is 2.38 bits per heavy atom. The second-order valence-electron chi connectivity index (χ2n) is 4.09. The fraction of sp³-hybridized carbons (Fsp3) is 0.500. The fourth-order valence-electron chi connectivity index (χ4n) is 2.14. The molecule has 2 rings (SSSR count). The van der Waals surface area contributed by atoms with Crippen molar-refractivity contribution in [1.82, 2.24) is 5.32 Å². The lowest BCUT2D eigenvalue weighted by atomic mass is 10.0. The van der Waals surface area contributed by atoms with Crippen molar-refractivity contribution in [2.45, 2.75) is 30.2 Å². The van der Waals surface area contributed by atoms with Crippen LogP contribution in [0, 0.1) is 5.82 Å². The monoisotopic (exact) mass is 303 g/mol. The normalized spacial score (nSPS) is 20.3. The first-order valence-electron chi connectivity index (χ1n) is 5.46. The van der Waals surface area contributed by atoms with Gasteiger partial charge >= 0.3 is 0 Å². The summed E-state index contributed by atoms with van der Waals surface area (Å²) in [4.78, 5) is 0.697. The van der Waals surface area contributed by atoms with Crippen LogP contribution in [0.2, 0.25) is 0 Å². The van der Waals surface area contributed by atoms with E-state index in [1.54, 1.807) is 6.07 Å². The van der Waals surface area contributed by atoms with Crippen LogP contribution in [0.3, 0.4) is 0 Å². The van der Waals surface area contributed by atoms with Crippen LogP contribution < -0.4 is 5.32 Å². The fourth-order valence-corrected chi connectivity index (χ4v) is 3.62. The summed E-state index contributed by atoms with van der Waals surface area (Å²) < 4.78 is 14.6. The summed E-state index contributed by atoms with van der Waals surface area (Å²) in [5, 5.41) is 3.43. The molecule has 0 aliphatic carbocycles. The zero-order valence-corrected chi connectivity index (χ0v) is 11.6. The Kier molecular flexibility index (Phi) is 4.27. The number of hydrogen-bond donors (Lipinski definition) is 1. The number of nitrogens with one attached hydrogen (secondary N) is 1. The third-order valence-corrected chi connectivity index (χ3v) is 4.62. The van der Waals surface area contributed by atoms with Gasteiger partial charge in [-0.25, -0.2) is 4.39 Å². The molecule has 16 heavy (non-hydrogen) atoms. The van der Waals surface area contributed by atoms with Crippen LogP contribution in [-0.4, -0.2) is 18.8 Å². The van der Waals surface area contributed by atoms with E-state index in [2.05, 4.69) is 21.2 Å². The van der Waals surface area contributed by atoms with Gasteiger partial charge in [0.2, 0.25) is 0 Å². The Balaban J connectivity index is 2.15. The standard InChI is InChI=1S/C12H15BrFNS/c1-16-12-10(13)6-8(7-11(12)14)5-9-3-2-4-15-9/h6-7,9,15H,2-5H2,1H3. The largest absolute Gasteiger partial charge is 0.314 e. The average Bonchev–Trinajstić information content (AvgIpc) is 2.70. The van der Waals surface area contributed by atoms with E-state index < -0.39 is 0 Å². The molecule has 1 saturated heterocycles. The lowest BCUT2D eigenvalue weighted by molar-refractivity contribution is 0.580. The average molecular weight is 304 g/mol. The Morgan fingerprint density at radius 3 is 2.94 bits per heavy atom. The number of halogens is 2. The van der Waals surface area contributed by atoms with Crippen LogP contribution in [0.1, 0.15) is 18.4 Å². The molecule has 1 fully saturated rings. The SMILES string of the molecule is CSc1c(F)cc(CC2CCCN2)cc1Br. The quantitative estimate of drug-likeness (QED) is 0.856. The van der Waals surface area contributed by atoms with Gasteiger partial charge in [-0.2, -0.15) is 0 Å². The van der Waals surface area contributed by atoms with Crippen molar-refractivity contribution in [3.63, 3.8) is 0 Å². The Hall–Kier alpha value is -0.0600. The highest BCUT2D eigenvalue weighted by molar-refractivity contribution is 9.10. The maximum atomic E-state index is 13.7. The van der Waals surface area contributed by atoms with Gasteiger partial charge in [-0.3, -0.25) is 0 Å². The summed E-state index contributed by atoms with van der Waals surface area (Å²) in [6, 6.07) is 4.22. The lowest BCUT2D eigenvalue weighted by Gasteiger charge is -2.12. The summed E-state index contributed by atoms with van der Waals surface area (Å²) in [7, 11) is 0. The predicted molar refractivity (Wildman–Crippen MR) is 70.6 cm³/mol. The van der Waals surface area contributed by atoms with Gasteiger partial charge in [0.25, 0.3) is 0 Å². The topological polar surface area (TPSA) is 12.0 Å². The van der Waals surface area contributed by atoms with Crippen LogP contribution in [0.5, 0.6) is 0 Å². The van der Waals surface area contributed by atoms with Crippen molar-refractivity contribution >= 4 is 27.7 Å². The molecule has 88 valence electrons. The van der Waals surface area contributed by atoms with Gasteiger partial charge in [-0.05, 0) is 65.7 Å². The zero-order chi connectivity index (χ0) is 11.5. The van der Waals surface area contributed by atoms with Crippen LogP contribution >= 0.6 is 27.7 Å². The number of benzene rings is 1. The maximum Gasteiger partial charge on any atom is 0.138 e. The first-order valence-corrected chi connectivity index (χ1v) is 7.48. The molecule has 1 nitrogen and oxygen atoms in total. The molecule has 1 N–H and O–H groups in total. The van der Waals surface area contributed by atoms with Gasteiger partial charge in [-0.1, -0.05) is 0 Å². The van der Waals surface area contributed by atoms with Crippen LogP contribution in [-0.2, 0) is 6.42 Å². The molecule has 1 aliphatic heterocycles. The van der Waals surface area contributed by atoms with Crippen molar-refractivity contribution in [1.29, 1.82) is 0 Å². The Morgan fingerprint density at radius 1 is 1.56 bits per heavy atom. The molecule has 4 heteroatoms. The highest BCUT2D eigenvalue weighted by atomic mass is 79.9. The van der Waals surface area contributed by atoms with Crippen LogP contribution in [0.4, 0.5) is 4.39 Å². The zero-order valence-electron chi connectivity index (χ0n) is 9.22. The smallest absolute Gasteiger partial charge is 0.138 e. The number of rotatable bonds is 3. The minimum Gasteiger partial charge on any atom is -0.314 e. The molecule has 0 aromatic heterocycles. The van der Waals surface area contributed by atoms with Crippen molar-refractivity contribution in [3.05, 3.63) is 28.0 Å². The molecule has 0 amide bonds. The second kappa shape index (κ2) is 5.52. The molecule has 0 bridgehead atoms. The molecule has 1 atom stereocenters. The lowest BCUT2D eigenvalue weighted by Crippen LogP contribution is -2.23. The summed E-state index contributed by atoms with van der Waals surface area (Å²) in [6.07, 6.45) is 5.24. The van der Waals surface area contributed by atoms with Crippen LogP contribution in [0.15, 0.2) is 21.5 Å². The summed E-state index contributed by atoms with van der Waals surface area (Å²) in [5.74, 6) is -0.116. The summed E-state index contributed by atoms with van der Waals surface area (Å²) >= 11 is 4.86. The van der Waals surface area contributed by atoms with Gasteiger partial charge in [0.1, 0.15) is 5.82 Å². The Bertz CT molecular complexity index is 354. The van der Waals surface area contributed by atoms with E-state index in [1.165, 1.54) is 24.6 Å². The van der Waals surface area contributed by atoms with Crippen molar-refractivity contribution < 1.29 is 4.39 Å². The minimum atomic E-state index is -0.116. The summed E-state index contributed by atoms with van der Waals surface area (Å²) in [6.45, 7) is 1.09.